The van der Waals surface area contributed by atoms with E-state index < -0.39 is 19.7 Å². The van der Waals surface area contributed by atoms with Crippen LogP contribution in [0, 0.1) is 11.8 Å². The maximum absolute atomic E-state index is 12.3. The van der Waals surface area contributed by atoms with Crippen molar-refractivity contribution in [1.29, 1.82) is 0 Å². The van der Waals surface area contributed by atoms with Crippen LogP contribution in [-0.2, 0) is 29.3 Å². The Kier molecular flexibility index (Phi) is 5.62. The minimum absolute atomic E-state index is 0.0147. The Bertz CT molecular complexity index is 703. The monoisotopic (exact) mass is 406 g/mol. The van der Waals surface area contributed by atoms with E-state index in [4.69, 9.17) is 0 Å². The van der Waals surface area contributed by atoms with Crippen LogP contribution in [0.1, 0.15) is 38.5 Å². The van der Waals surface area contributed by atoms with Crippen LogP contribution >= 0.6 is 0 Å². The minimum Gasteiger partial charge on any atom is -0.352 e. The Morgan fingerprint density at radius 3 is 1.23 bits per heavy atom. The second-order valence-corrected chi connectivity index (χ2v) is 12.2. The van der Waals surface area contributed by atoms with E-state index in [1.165, 1.54) is 0 Å². The molecule has 3 aliphatic rings. The molecule has 26 heavy (non-hydrogen) atoms. The fourth-order valence-electron chi connectivity index (χ4n) is 4.07. The fraction of sp³-hybridized carbons (Fsp3) is 0.875. The lowest BCUT2D eigenvalue weighted by Gasteiger charge is -2.28. The SMILES string of the molecule is O=C(N[C@H]1CCS(=O)(=O)C1)C1CCC(C(=O)N[C@H]2CCS(=O)(=O)C2)CC1. The van der Waals surface area contributed by atoms with Gasteiger partial charge in [-0.3, -0.25) is 9.59 Å². The first-order valence-corrected chi connectivity index (χ1v) is 12.8. The second-order valence-electron chi connectivity index (χ2n) is 7.77. The standard InChI is InChI=1S/C16H26N2O6S2/c19-15(17-13-5-7-25(21,22)9-13)11-1-2-12(4-3-11)16(20)18-14-6-8-26(23,24)10-14/h11-14H,1-10H2,(H,17,19)(H,18,20)/t11?,12?,13-,14-/m0/s1. The summed E-state index contributed by atoms with van der Waals surface area (Å²) < 4.78 is 45.9. The van der Waals surface area contributed by atoms with E-state index in [1.807, 2.05) is 0 Å². The molecule has 0 unspecified atom stereocenters. The molecule has 0 aromatic heterocycles. The average Bonchev–Trinajstić information content (AvgIpc) is 3.08. The van der Waals surface area contributed by atoms with Crippen molar-refractivity contribution in [2.75, 3.05) is 23.0 Å². The molecule has 0 spiro atoms. The summed E-state index contributed by atoms with van der Waals surface area (Å²) in [6.45, 7) is 0. The minimum atomic E-state index is -3.02. The Hall–Kier alpha value is -1.16. The van der Waals surface area contributed by atoms with Crippen LogP contribution in [0.3, 0.4) is 0 Å². The smallest absolute Gasteiger partial charge is 0.223 e. The van der Waals surface area contributed by atoms with Crippen LogP contribution in [0.2, 0.25) is 0 Å². The van der Waals surface area contributed by atoms with Crippen molar-refractivity contribution >= 4 is 31.5 Å². The van der Waals surface area contributed by atoms with Gasteiger partial charge in [-0.15, -0.1) is 0 Å². The van der Waals surface area contributed by atoms with Gasteiger partial charge in [0.1, 0.15) is 0 Å². The van der Waals surface area contributed by atoms with E-state index in [2.05, 4.69) is 10.6 Å². The maximum Gasteiger partial charge on any atom is 0.223 e. The summed E-state index contributed by atoms with van der Waals surface area (Å²) >= 11 is 0. The molecule has 0 aromatic carbocycles. The zero-order valence-electron chi connectivity index (χ0n) is 14.6. The Morgan fingerprint density at radius 2 is 0.962 bits per heavy atom. The van der Waals surface area contributed by atoms with Gasteiger partial charge in [0.05, 0.1) is 23.0 Å². The van der Waals surface area contributed by atoms with Gasteiger partial charge in [0, 0.05) is 23.9 Å². The quantitative estimate of drug-likeness (QED) is 0.642. The van der Waals surface area contributed by atoms with Crippen molar-refractivity contribution < 1.29 is 26.4 Å². The van der Waals surface area contributed by atoms with Crippen molar-refractivity contribution in [2.45, 2.75) is 50.6 Å². The molecule has 3 rings (SSSR count). The molecule has 2 atom stereocenters. The van der Waals surface area contributed by atoms with E-state index in [-0.39, 0.29) is 58.7 Å². The topological polar surface area (TPSA) is 126 Å². The third-order valence-corrected chi connectivity index (χ3v) is 9.16. The van der Waals surface area contributed by atoms with Crippen molar-refractivity contribution in [3.8, 4) is 0 Å². The predicted molar refractivity (Wildman–Crippen MR) is 95.9 cm³/mol. The predicted octanol–water partition coefficient (Wildman–Crippen LogP) is -0.601. The van der Waals surface area contributed by atoms with Crippen molar-refractivity contribution in [2.24, 2.45) is 11.8 Å². The Labute approximate surface area is 154 Å². The highest BCUT2D eigenvalue weighted by molar-refractivity contribution is 7.91. The summed E-state index contributed by atoms with van der Waals surface area (Å²) in [4.78, 5) is 24.6. The van der Waals surface area contributed by atoms with Gasteiger partial charge in [-0.05, 0) is 38.5 Å². The lowest BCUT2D eigenvalue weighted by Crippen LogP contribution is -2.43. The third kappa shape index (κ3) is 4.97. The molecule has 0 aromatic rings. The number of nitrogens with one attached hydrogen (secondary N) is 2. The number of carbonyl (C=O) groups excluding carboxylic acids is 2. The van der Waals surface area contributed by atoms with E-state index in [1.54, 1.807) is 0 Å². The van der Waals surface area contributed by atoms with Crippen LogP contribution < -0.4 is 10.6 Å². The highest BCUT2D eigenvalue weighted by Gasteiger charge is 2.35. The lowest BCUT2D eigenvalue weighted by atomic mass is 9.81. The van der Waals surface area contributed by atoms with Gasteiger partial charge < -0.3 is 10.6 Å². The average molecular weight is 407 g/mol. The molecule has 2 heterocycles. The summed E-state index contributed by atoms with van der Waals surface area (Å²) in [7, 11) is -6.04. The number of amides is 2. The van der Waals surface area contributed by atoms with Crippen molar-refractivity contribution in [3.05, 3.63) is 0 Å². The summed E-state index contributed by atoms with van der Waals surface area (Å²) in [5.74, 6) is -0.324. The van der Waals surface area contributed by atoms with Gasteiger partial charge in [0.15, 0.2) is 19.7 Å². The van der Waals surface area contributed by atoms with E-state index in [0.717, 1.165) is 0 Å². The first kappa shape index (κ1) is 19.6. The summed E-state index contributed by atoms with van der Waals surface area (Å²) in [5, 5.41) is 5.66. The molecule has 8 nitrogen and oxygen atoms in total. The largest absolute Gasteiger partial charge is 0.352 e. The number of sulfone groups is 2. The van der Waals surface area contributed by atoms with Gasteiger partial charge in [-0.2, -0.15) is 0 Å². The zero-order valence-corrected chi connectivity index (χ0v) is 16.3. The van der Waals surface area contributed by atoms with Gasteiger partial charge in [0.25, 0.3) is 0 Å². The summed E-state index contributed by atoms with van der Waals surface area (Å²) in [6, 6.07) is -0.587. The fourth-order valence-corrected chi connectivity index (χ4v) is 7.42. The first-order chi connectivity index (χ1) is 12.1. The van der Waals surface area contributed by atoms with E-state index in [9.17, 15) is 26.4 Å². The summed E-state index contributed by atoms with van der Waals surface area (Å²) in [5.41, 5.74) is 0. The molecule has 2 N–H and O–H groups in total. The van der Waals surface area contributed by atoms with Crippen LogP contribution in [0.25, 0.3) is 0 Å². The number of hydrogen-bond donors (Lipinski definition) is 2. The molecule has 10 heteroatoms. The summed E-state index contributed by atoms with van der Waals surface area (Å²) in [6.07, 6.45) is 3.30. The third-order valence-electron chi connectivity index (χ3n) is 5.63. The Balaban J connectivity index is 1.42. The first-order valence-electron chi connectivity index (χ1n) is 9.15. The van der Waals surface area contributed by atoms with Crippen LogP contribution in [0.15, 0.2) is 0 Å². The van der Waals surface area contributed by atoms with Gasteiger partial charge in [-0.1, -0.05) is 0 Å². The van der Waals surface area contributed by atoms with Crippen LogP contribution in [0.4, 0.5) is 0 Å². The van der Waals surface area contributed by atoms with E-state index in [0.29, 0.717) is 38.5 Å². The molecule has 1 saturated carbocycles. The molecule has 0 radical (unpaired) electrons. The van der Waals surface area contributed by atoms with Crippen LogP contribution in [-0.4, -0.2) is 63.7 Å². The molecule has 2 aliphatic heterocycles. The zero-order chi connectivity index (χ0) is 18.9. The molecule has 0 bridgehead atoms. The second kappa shape index (κ2) is 7.46. The van der Waals surface area contributed by atoms with Gasteiger partial charge in [0.2, 0.25) is 11.8 Å². The molecule has 2 amide bonds. The van der Waals surface area contributed by atoms with Crippen LogP contribution in [0.5, 0.6) is 0 Å². The molecular formula is C16H26N2O6S2. The molecule has 1 aliphatic carbocycles. The molecule has 2 saturated heterocycles. The number of rotatable bonds is 4. The molecular weight excluding hydrogens is 380 g/mol. The lowest BCUT2D eigenvalue weighted by molar-refractivity contribution is -0.131. The normalized spacial score (nSPS) is 35.7. The van der Waals surface area contributed by atoms with Gasteiger partial charge in [-0.25, -0.2) is 16.8 Å². The highest BCUT2D eigenvalue weighted by atomic mass is 32.2. The maximum atomic E-state index is 12.3. The Morgan fingerprint density at radius 1 is 0.615 bits per heavy atom. The van der Waals surface area contributed by atoms with Crippen molar-refractivity contribution in [3.63, 3.8) is 0 Å². The highest BCUT2D eigenvalue weighted by Crippen LogP contribution is 2.30. The molecule has 3 fully saturated rings. The molecule has 148 valence electrons. The van der Waals surface area contributed by atoms with Crippen molar-refractivity contribution in [1.82, 2.24) is 10.6 Å². The van der Waals surface area contributed by atoms with E-state index >= 15 is 0 Å². The number of carbonyl (C=O) groups is 2. The van der Waals surface area contributed by atoms with Gasteiger partial charge >= 0.3 is 0 Å². The number of hydrogen-bond acceptors (Lipinski definition) is 6.